The van der Waals surface area contributed by atoms with Crippen molar-refractivity contribution in [2.24, 2.45) is 0 Å². The summed E-state index contributed by atoms with van der Waals surface area (Å²) in [5.41, 5.74) is 2.82. The number of amides is 1. The lowest BCUT2D eigenvalue weighted by molar-refractivity contribution is -0.116. The van der Waals surface area contributed by atoms with Gasteiger partial charge in [0.05, 0.1) is 6.54 Å². The van der Waals surface area contributed by atoms with Crippen molar-refractivity contribution in [3.8, 4) is 0 Å². The minimum Gasteiger partial charge on any atom is -0.376 e. The summed E-state index contributed by atoms with van der Waals surface area (Å²) >= 11 is 5.96. The maximum absolute atomic E-state index is 12.1. The summed E-state index contributed by atoms with van der Waals surface area (Å²) in [6, 6.07) is 15.1. The molecule has 2 aromatic rings. The summed E-state index contributed by atoms with van der Waals surface area (Å²) < 4.78 is 0. The van der Waals surface area contributed by atoms with Crippen molar-refractivity contribution in [1.82, 2.24) is 0 Å². The summed E-state index contributed by atoms with van der Waals surface area (Å²) in [7, 11) is 1.77. The van der Waals surface area contributed by atoms with Gasteiger partial charge in [-0.1, -0.05) is 35.9 Å². The van der Waals surface area contributed by atoms with E-state index in [-0.39, 0.29) is 12.5 Å². The van der Waals surface area contributed by atoms with Gasteiger partial charge in [-0.15, -0.1) is 0 Å². The molecule has 2 rings (SSSR count). The Kier molecular flexibility index (Phi) is 4.64. The standard InChI is InChI=1S/C16H17ClN2O/c1-12-8-9-13(17)10-15(12)18-11-16(20)19(2)14-6-4-3-5-7-14/h3-10,18H,11H2,1-2H3. The van der Waals surface area contributed by atoms with E-state index >= 15 is 0 Å². The number of aryl methyl sites for hydroxylation is 1. The second kappa shape index (κ2) is 6.44. The molecule has 104 valence electrons. The number of carbonyl (C=O) groups is 1. The first-order valence-electron chi connectivity index (χ1n) is 6.39. The summed E-state index contributed by atoms with van der Waals surface area (Å²) in [4.78, 5) is 13.8. The van der Waals surface area contributed by atoms with Gasteiger partial charge in [0.1, 0.15) is 0 Å². The van der Waals surface area contributed by atoms with Crippen molar-refractivity contribution in [3.63, 3.8) is 0 Å². The number of nitrogens with one attached hydrogen (secondary N) is 1. The fourth-order valence-electron chi connectivity index (χ4n) is 1.87. The second-order valence-corrected chi connectivity index (χ2v) is 5.04. The quantitative estimate of drug-likeness (QED) is 0.930. The third kappa shape index (κ3) is 3.52. The number of carbonyl (C=O) groups excluding carboxylic acids is 1. The van der Waals surface area contributed by atoms with Gasteiger partial charge < -0.3 is 10.2 Å². The number of halogens is 1. The Morgan fingerprint density at radius 3 is 2.60 bits per heavy atom. The Bertz CT molecular complexity index is 599. The van der Waals surface area contributed by atoms with Crippen LogP contribution in [0.3, 0.4) is 0 Å². The molecule has 4 heteroatoms. The molecule has 0 aliphatic heterocycles. The predicted molar refractivity (Wildman–Crippen MR) is 84.5 cm³/mol. The zero-order chi connectivity index (χ0) is 14.5. The predicted octanol–water partition coefficient (Wildman–Crippen LogP) is 3.72. The molecule has 0 aromatic heterocycles. The molecule has 0 saturated carbocycles. The molecule has 3 nitrogen and oxygen atoms in total. The van der Waals surface area contributed by atoms with Gasteiger partial charge in [0.2, 0.25) is 5.91 Å². The lowest BCUT2D eigenvalue weighted by Crippen LogP contribution is -2.32. The van der Waals surface area contributed by atoms with Gasteiger partial charge in [-0.25, -0.2) is 0 Å². The first kappa shape index (κ1) is 14.4. The van der Waals surface area contributed by atoms with E-state index in [4.69, 9.17) is 11.6 Å². The monoisotopic (exact) mass is 288 g/mol. The van der Waals surface area contributed by atoms with Crippen LogP contribution >= 0.6 is 11.6 Å². The van der Waals surface area contributed by atoms with Crippen LogP contribution in [0.2, 0.25) is 5.02 Å². The lowest BCUT2D eigenvalue weighted by Gasteiger charge is -2.18. The SMILES string of the molecule is Cc1ccc(Cl)cc1NCC(=O)N(C)c1ccccc1. The maximum Gasteiger partial charge on any atom is 0.246 e. The summed E-state index contributed by atoms with van der Waals surface area (Å²) in [5, 5.41) is 3.78. The van der Waals surface area contributed by atoms with E-state index < -0.39 is 0 Å². The molecular formula is C16H17ClN2O. The van der Waals surface area contributed by atoms with E-state index in [1.165, 1.54) is 0 Å². The van der Waals surface area contributed by atoms with Crippen LogP contribution in [0.5, 0.6) is 0 Å². The molecule has 0 aliphatic carbocycles. The molecule has 1 amide bonds. The molecule has 0 spiro atoms. The lowest BCUT2D eigenvalue weighted by atomic mass is 10.2. The Hall–Kier alpha value is -2.00. The molecule has 1 N–H and O–H groups in total. The van der Waals surface area contributed by atoms with Crippen molar-refractivity contribution < 1.29 is 4.79 Å². The number of benzene rings is 2. The normalized spacial score (nSPS) is 10.2. The highest BCUT2D eigenvalue weighted by atomic mass is 35.5. The first-order chi connectivity index (χ1) is 9.58. The Morgan fingerprint density at radius 2 is 1.90 bits per heavy atom. The number of likely N-dealkylation sites (N-methyl/N-ethyl adjacent to an activating group) is 1. The molecule has 2 aromatic carbocycles. The second-order valence-electron chi connectivity index (χ2n) is 4.60. The number of para-hydroxylation sites is 1. The molecule has 0 saturated heterocycles. The minimum atomic E-state index is -0.00410. The van der Waals surface area contributed by atoms with Crippen LogP contribution in [0.1, 0.15) is 5.56 Å². The molecule has 0 atom stereocenters. The van der Waals surface area contributed by atoms with Crippen LogP contribution in [0.15, 0.2) is 48.5 Å². The van der Waals surface area contributed by atoms with Gasteiger partial charge in [0.15, 0.2) is 0 Å². The molecular weight excluding hydrogens is 272 g/mol. The van der Waals surface area contributed by atoms with Crippen LogP contribution in [-0.4, -0.2) is 19.5 Å². The van der Waals surface area contributed by atoms with Crippen LogP contribution in [0, 0.1) is 6.92 Å². The minimum absolute atomic E-state index is 0.00410. The molecule has 0 heterocycles. The van der Waals surface area contributed by atoms with Gasteiger partial charge in [0, 0.05) is 23.4 Å². The van der Waals surface area contributed by atoms with Gasteiger partial charge in [0.25, 0.3) is 0 Å². The van der Waals surface area contributed by atoms with E-state index in [1.54, 1.807) is 11.9 Å². The van der Waals surface area contributed by atoms with E-state index in [0.717, 1.165) is 16.9 Å². The van der Waals surface area contributed by atoms with E-state index in [1.807, 2.05) is 55.5 Å². The Balaban J connectivity index is 2.00. The summed E-state index contributed by atoms with van der Waals surface area (Å²) in [5.74, 6) is -0.00410. The highest BCUT2D eigenvalue weighted by Gasteiger charge is 2.10. The van der Waals surface area contributed by atoms with Gasteiger partial charge in [-0.05, 0) is 36.8 Å². The number of rotatable bonds is 4. The van der Waals surface area contributed by atoms with Crippen molar-refractivity contribution in [2.45, 2.75) is 6.92 Å². The van der Waals surface area contributed by atoms with Crippen molar-refractivity contribution in [1.29, 1.82) is 0 Å². The molecule has 0 fully saturated rings. The highest BCUT2D eigenvalue weighted by Crippen LogP contribution is 2.20. The van der Waals surface area contributed by atoms with Crippen LogP contribution in [0.4, 0.5) is 11.4 Å². The average Bonchev–Trinajstić information content (AvgIpc) is 2.48. The summed E-state index contributed by atoms with van der Waals surface area (Å²) in [6.45, 7) is 2.20. The fraction of sp³-hybridized carbons (Fsp3) is 0.188. The first-order valence-corrected chi connectivity index (χ1v) is 6.77. The van der Waals surface area contributed by atoms with Crippen LogP contribution < -0.4 is 10.2 Å². The van der Waals surface area contributed by atoms with Crippen molar-refractivity contribution >= 4 is 28.9 Å². The Morgan fingerprint density at radius 1 is 1.20 bits per heavy atom. The largest absolute Gasteiger partial charge is 0.376 e. The molecule has 0 radical (unpaired) electrons. The average molecular weight is 289 g/mol. The van der Waals surface area contributed by atoms with E-state index in [2.05, 4.69) is 5.32 Å². The van der Waals surface area contributed by atoms with Gasteiger partial charge in [-0.2, -0.15) is 0 Å². The van der Waals surface area contributed by atoms with E-state index in [9.17, 15) is 4.79 Å². The number of anilines is 2. The maximum atomic E-state index is 12.1. The fourth-order valence-corrected chi connectivity index (χ4v) is 2.04. The molecule has 20 heavy (non-hydrogen) atoms. The number of nitrogens with zero attached hydrogens (tertiary/aromatic N) is 1. The number of hydrogen-bond acceptors (Lipinski definition) is 2. The number of hydrogen-bond donors (Lipinski definition) is 1. The van der Waals surface area contributed by atoms with E-state index in [0.29, 0.717) is 5.02 Å². The Labute approximate surface area is 124 Å². The topological polar surface area (TPSA) is 32.3 Å². The third-order valence-corrected chi connectivity index (χ3v) is 3.38. The smallest absolute Gasteiger partial charge is 0.246 e. The third-order valence-electron chi connectivity index (χ3n) is 3.15. The van der Waals surface area contributed by atoms with Crippen LogP contribution in [-0.2, 0) is 4.79 Å². The molecule has 0 aliphatic rings. The highest BCUT2D eigenvalue weighted by molar-refractivity contribution is 6.30. The van der Waals surface area contributed by atoms with Crippen LogP contribution in [0.25, 0.3) is 0 Å². The zero-order valence-corrected chi connectivity index (χ0v) is 12.3. The summed E-state index contributed by atoms with van der Waals surface area (Å²) in [6.07, 6.45) is 0. The van der Waals surface area contributed by atoms with Crippen molar-refractivity contribution in [3.05, 3.63) is 59.1 Å². The van der Waals surface area contributed by atoms with Gasteiger partial charge >= 0.3 is 0 Å². The van der Waals surface area contributed by atoms with Gasteiger partial charge in [-0.3, -0.25) is 4.79 Å². The zero-order valence-electron chi connectivity index (χ0n) is 11.6. The van der Waals surface area contributed by atoms with Crippen molar-refractivity contribution in [2.75, 3.05) is 23.8 Å². The molecule has 0 unspecified atom stereocenters. The molecule has 0 bridgehead atoms.